The Bertz CT molecular complexity index is 421. The molecule has 0 bridgehead atoms. The average Bonchev–Trinajstić information content (AvgIpc) is 2.15. The molecule has 0 spiro atoms. The Morgan fingerprint density at radius 3 is 2.40 bits per heavy atom. The van der Waals surface area contributed by atoms with E-state index in [0.717, 1.165) is 12.1 Å². The Hall–Kier alpha value is -1.41. The molecule has 0 atom stereocenters. The SMILES string of the molecule is CNc1c(Cl)cc(C(F)(F)F)cc1C#N. The average molecular weight is 235 g/mol. The van der Waals surface area contributed by atoms with Gasteiger partial charge in [0, 0.05) is 7.05 Å². The summed E-state index contributed by atoms with van der Waals surface area (Å²) in [5.41, 5.74) is -0.854. The predicted molar refractivity (Wildman–Crippen MR) is 50.7 cm³/mol. The minimum atomic E-state index is -4.50. The first-order valence-corrected chi connectivity index (χ1v) is 4.26. The first-order chi connectivity index (χ1) is 6.90. The van der Waals surface area contributed by atoms with E-state index in [1.807, 2.05) is 0 Å². The lowest BCUT2D eigenvalue weighted by molar-refractivity contribution is -0.137. The second-order valence-corrected chi connectivity index (χ2v) is 3.15. The lowest BCUT2D eigenvalue weighted by atomic mass is 10.1. The van der Waals surface area contributed by atoms with Crippen LogP contribution in [0.25, 0.3) is 0 Å². The van der Waals surface area contributed by atoms with Crippen LogP contribution < -0.4 is 5.32 Å². The van der Waals surface area contributed by atoms with Crippen molar-refractivity contribution in [1.82, 2.24) is 0 Å². The summed E-state index contributed by atoms with van der Waals surface area (Å²) < 4.78 is 37.0. The molecule has 0 aromatic heterocycles. The van der Waals surface area contributed by atoms with Gasteiger partial charge in [-0.15, -0.1) is 0 Å². The van der Waals surface area contributed by atoms with E-state index in [-0.39, 0.29) is 16.3 Å². The molecule has 80 valence electrons. The molecule has 0 aliphatic carbocycles. The Morgan fingerprint density at radius 1 is 1.40 bits per heavy atom. The maximum absolute atomic E-state index is 12.3. The van der Waals surface area contributed by atoms with Crippen LogP contribution in [0.4, 0.5) is 18.9 Å². The number of hydrogen-bond acceptors (Lipinski definition) is 2. The van der Waals surface area contributed by atoms with Gasteiger partial charge in [0.15, 0.2) is 0 Å². The highest BCUT2D eigenvalue weighted by Crippen LogP contribution is 2.35. The Labute approximate surface area is 89.3 Å². The summed E-state index contributed by atoms with van der Waals surface area (Å²) in [7, 11) is 1.48. The standard InChI is InChI=1S/C9H6ClF3N2/c1-15-8-5(4-14)2-6(3-7(8)10)9(11,12)13/h2-3,15H,1H3. The number of anilines is 1. The Kier molecular flexibility index (Phi) is 3.10. The van der Waals surface area contributed by atoms with Gasteiger partial charge in [-0.25, -0.2) is 0 Å². The molecule has 1 N–H and O–H groups in total. The van der Waals surface area contributed by atoms with Crippen LogP contribution in [0, 0.1) is 11.3 Å². The number of nitriles is 1. The van der Waals surface area contributed by atoms with Gasteiger partial charge in [0.2, 0.25) is 0 Å². The fourth-order valence-electron chi connectivity index (χ4n) is 1.11. The molecule has 0 saturated carbocycles. The van der Waals surface area contributed by atoms with Crippen molar-refractivity contribution in [2.45, 2.75) is 6.18 Å². The van der Waals surface area contributed by atoms with Crippen molar-refractivity contribution in [2.24, 2.45) is 0 Å². The number of hydrogen-bond donors (Lipinski definition) is 1. The van der Waals surface area contributed by atoms with Crippen LogP contribution in [0.5, 0.6) is 0 Å². The Morgan fingerprint density at radius 2 is 2.00 bits per heavy atom. The van der Waals surface area contributed by atoms with E-state index in [1.165, 1.54) is 7.05 Å². The smallest absolute Gasteiger partial charge is 0.386 e. The Balaban J connectivity index is 3.41. The first kappa shape index (κ1) is 11.7. The minimum absolute atomic E-state index is 0.121. The van der Waals surface area contributed by atoms with Gasteiger partial charge in [-0.2, -0.15) is 18.4 Å². The molecule has 0 aliphatic rings. The number of halogens is 4. The third kappa shape index (κ3) is 2.34. The zero-order valence-corrected chi connectivity index (χ0v) is 8.37. The van der Waals surface area contributed by atoms with Crippen molar-refractivity contribution < 1.29 is 13.2 Å². The summed E-state index contributed by atoms with van der Waals surface area (Å²) in [5.74, 6) is 0. The lowest BCUT2D eigenvalue weighted by Crippen LogP contribution is -2.06. The lowest BCUT2D eigenvalue weighted by Gasteiger charge is -2.11. The number of alkyl halides is 3. The topological polar surface area (TPSA) is 35.8 Å². The van der Waals surface area contributed by atoms with Crippen molar-refractivity contribution >= 4 is 17.3 Å². The molecule has 0 fully saturated rings. The van der Waals surface area contributed by atoms with Crippen LogP contribution in [0.3, 0.4) is 0 Å². The highest BCUT2D eigenvalue weighted by molar-refractivity contribution is 6.33. The van der Waals surface area contributed by atoms with Gasteiger partial charge in [0.05, 0.1) is 21.8 Å². The van der Waals surface area contributed by atoms with Crippen LogP contribution in [-0.4, -0.2) is 7.05 Å². The first-order valence-electron chi connectivity index (χ1n) is 3.88. The molecule has 0 heterocycles. The number of benzene rings is 1. The molecule has 1 aromatic rings. The van der Waals surface area contributed by atoms with Crippen molar-refractivity contribution in [1.29, 1.82) is 5.26 Å². The van der Waals surface area contributed by atoms with Crippen molar-refractivity contribution in [3.63, 3.8) is 0 Å². The van der Waals surface area contributed by atoms with Crippen LogP contribution in [0.15, 0.2) is 12.1 Å². The third-order valence-corrected chi connectivity index (χ3v) is 2.09. The fraction of sp³-hybridized carbons (Fsp3) is 0.222. The van der Waals surface area contributed by atoms with Crippen LogP contribution >= 0.6 is 11.6 Å². The molecule has 0 unspecified atom stereocenters. The monoisotopic (exact) mass is 234 g/mol. The van der Waals surface area contributed by atoms with E-state index >= 15 is 0 Å². The predicted octanol–water partition coefficient (Wildman–Crippen LogP) is 3.27. The summed E-state index contributed by atoms with van der Waals surface area (Å²) in [6.45, 7) is 0. The summed E-state index contributed by atoms with van der Waals surface area (Å²) >= 11 is 5.61. The second kappa shape index (κ2) is 3.99. The number of rotatable bonds is 1. The normalized spacial score (nSPS) is 10.9. The van der Waals surface area contributed by atoms with Crippen molar-refractivity contribution in [2.75, 3.05) is 12.4 Å². The van der Waals surface area contributed by atoms with Gasteiger partial charge in [-0.3, -0.25) is 0 Å². The molecule has 15 heavy (non-hydrogen) atoms. The molecule has 1 rings (SSSR count). The second-order valence-electron chi connectivity index (χ2n) is 2.74. The molecule has 0 saturated heterocycles. The van der Waals surface area contributed by atoms with Gasteiger partial charge in [0.1, 0.15) is 6.07 Å². The van der Waals surface area contributed by atoms with E-state index in [1.54, 1.807) is 6.07 Å². The summed E-state index contributed by atoms with van der Waals surface area (Å²) in [5, 5.41) is 11.1. The molecular weight excluding hydrogens is 229 g/mol. The van der Waals surface area contributed by atoms with Gasteiger partial charge in [-0.1, -0.05) is 11.6 Å². The van der Waals surface area contributed by atoms with Crippen LogP contribution in [0.2, 0.25) is 5.02 Å². The van der Waals surface area contributed by atoms with Crippen molar-refractivity contribution in [3.8, 4) is 6.07 Å². The molecule has 1 aromatic carbocycles. The number of nitrogens with one attached hydrogen (secondary N) is 1. The van der Waals surface area contributed by atoms with E-state index < -0.39 is 11.7 Å². The molecule has 6 heteroatoms. The van der Waals surface area contributed by atoms with E-state index in [0.29, 0.717) is 0 Å². The van der Waals surface area contributed by atoms with Gasteiger partial charge in [0.25, 0.3) is 0 Å². The zero-order valence-electron chi connectivity index (χ0n) is 7.61. The molecular formula is C9H6ClF3N2. The highest BCUT2D eigenvalue weighted by Gasteiger charge is 2.32. The van der Waals surface area contributed by atoms with E-state index in [4.69, 9.17) is 16.9 Å². The molecule has 2 nitrogen and oxygen atoms in total. The van der Waals surface area contributed by atoms with Crippen LogP contribution in [0.1, 0.15) is 11.1 Å². The quantitative estimate of drug-likeness (QED) is 0.810. The molecule has 0 radical (unpaired) electrons. The minimum Gasteiger partial charge on any atom is -0.386 e. The third-order valence-electron chi connectivity index (χ3n) is 1.79. The van der Waals surface area contributed by atoms with Gasteiger partial charge in [-0.05, 0) is 12.1 Å². The molecule has 0 aliphatic heterocycles. The van der Waals surface area contributed by atoms with E-state index in [9.17, 15) is 13.2 Å². The maximum atomic E-state index is 12.3. The summed E-state index contributed by atoms with van der Waals surface area (Å²) in [6.07, 6.45) is -4.50. The van der Waals surface area contributed by atoms with Crippen LogP contribution in [-0.2, 0) is 6.18 Å². The zero-order chi connectivity index (χ0) is 11.6. The van der Waals surface area contributed by atoms with Gasteiger partial charge >= 0.3 is 6.18 Å². The van der Waals surface area contributed by atoms with Crippen molar-refractivity contribution in [3.05, 3.63) is 28.3 Å². The molecule has 0 amide bonds. The maximum Gasteiger partial charge on any atom is 0.416 e. The largest absolute Gasteiger partial charge is 0.416 e. The van der Waals surface area contributed by atoms with E-state index in [2.05, 4.69) is 5.32 Å². The summed E-state index contributed by atoms with van der Waals surface area (Å²) in [4.78, 5) is 0. The summed E-state index contributed by atoms with van der Waals surface area (Å²) in [6, 6.07) is 3.20. The number of nitrogens with zero attached hydrogens (tertiary/aromatic N) is 1. The van der Waals surface area contributed by atoms with Gasteiger partial charge < -0.3 is 5.32 Å². The fourth-order valence-corrected chi connectivity index (χ4v) is 1.43. The highest BCUT2D eigenvalue weighted by atomic mass is 35.5.